The van der Waals surface area contributed by atoms with E-state index >= 15 is 0 Å². The maximum atomic E-state index is 5.43. The molecule has 13 heavy (non-hydrogen) atoms. The van der Waals surface area contributed by atoms with Crippen LogP contribution in [0.25, 0.3) is 0 Å². The smallest absolute Gasteiger partial charge is 0.0534 e. The van der Waals surface area contributed by atoms with E-state index in [1.807, 2.05) is 13.0 Å². The van der Waals surface area contributed by atoms with Crippen molar-refractivity contribution in [3.63, 3.8) is 0 Å². The molecule has 0 amide bonds. The molecule has 0 spiro atoms. The molecule has 0 N–H and O–H groups in total. The SMILES string of the molecule is C=C/C(=C\C(=C)C)C1CCCOC1. The van der Waals surface area contributed by atoms with Crippen LogP contribution in [0.1, 0.15) is 19.8 Å². The summed E-state index contributed by atoms with van der Waals surface area (Å²) < 4.78 is 5.43. The lowest BCUT2D eigenvalue weighted by Crippen LogP contribution is -2.18. The Morgan fingerprint density at radius 1 is 1.54 bits per heavy atom. The Labute approximate surface area is 80.8 Å². The Morgan fingerprint density at radius 2 is 2.31 bits per heavy atom. The van der Waals surface area contributed by atoms with Crippen molar-refractivity contribution in [1.82, 2.24) is 0 Å². The third-order valence-electron chi connectivity index (χ3n) is 2.28. The van der Waals surface area contributed by atoms with Gasteiger partial charge in [-0.2, -0.15) is 0 Å². The molecule has 0 aromatic carbocycles. The lowest BCUT2D eigenvalue weighted by Gasteiger charge is -2.23. The molecule has 1 nitrogen and oxygen atoms in total. The van der Waals surface area contributed by atoms with E-state index in [0.717, 1.165) is 25.2 Å². The molecule has 0 aromatic rings. The molecular formula is C12H18O. The van der Waals surface area contributed by atoms with Gasteiger partial charge in [0.15, 0.2) is 0 Å². The van der Waals surface area contributed by atoms with Crippen LogP contribution in [0.15, 0.2) is 36.5 Å². The van der Waals surface area contributed by atoms with Gasteiger partial charge >= 0.3 is 0 Å². The minimum atomic E-state index is 0.531. The highest BCUT2D eigenvalue weighted by Gasteiger charge is 2.15. The molecule has 1 atom stereocenters. The molecule has 0 radical (unpaired) electrons. The van der Waals surface area contributed by atoms with Gasteiger partial charge in [0, 0.05) is 12.5 Å². The Kier molecular flexibility index (Phi) is 3.97. The summed E-state index contributed by atoms with van der Waals surface area (Å²) in [5.41, 5.74) is 2.35. The zero-order valence-corrected chi connectivity index (χ0v) is 8.38. The van der Waals surface area contributed by atoms with Crippen LogP contribution in [0.3, 0.4) is 0 Å². The Bertz CT molecular complexity index is 219. The van der Waals surface area contributed by atoms with Gasteiger partial charge in [0.05, 0.1) is 6.61 Å². The summed E-state index contributed by atoms with van der Waals surface area (Å²) >= 11 is 0. The molecule has 1 rings (SSSR count). The predicted octanol–water partition coefficient (Wildman–Crippen LogP) is 3.10. The second kappa shape index (κ2) is 5.03. The summed E-state index contributed by atoms with van der Waals surface area (Å²) in [5.74, 6) is 0.531. The Hall–Kier alpha value is -0.820. The van der Waals surface area contributed by atoms with Crippen LogP contribution >= 0.6 is 0 Å². The fourth-order valence-corrected chi connectivity index (χ4v) is 1.63. The summed E-state index contributed by atoms with van der Waals surface area (Å²) in [6.45, 7) is 11.5. The number of ether oxygens (including phenoxy) is 1. The first-order chi connectivity index (χ1) is 6.24. The van der Waals surface area contributed by atoms with E-state index in [-0.39, 0.29) is 0 Å². The van der Waals surface area contributed by atoms with Crippen LogP contribution in [0.5, 0.6) is 0 Å². The predicted molar refractivity (Wildman–Crippen MR) is 56.6 cm³/mol. The van der Waals surface area contributed by atoms with Gasteiger partial charge in [0.2, 0.25) is 0 Å². The van der Waals surface area contributed by atoms with E-state index in [1.54, 1.807) is 0 Å². The molecule has 72 valence electrons. The van der Waals surface area contributed by atoms with Crippen LogP contribution in [0, 0.1) is 5.92 Å². The summed E-state index contributed by atoms with van der Waals surface area (Å²) in [6, 6.07) is 0. The molecule has 1 unspecified atom stereocenters. The molecule has 0 aromatic heterocycles. The van der Waals surface area contributed by atoms with Gasteiger partial charge in [-0.1, -0.05) is 30.9 Å². The van der Waals surface area contributed by atoms with Gasteiger partial charge in [-0.05, 0) is 25.3 Å². The van der Waals surface area contributed by atoms with Gasteiger partial charge in [-0.3, -0.25) is 0 Å². The second-order valence-corrected chi connectivity index (χ2v) is 3.61. The van der Waals surface area contributed by atoms with Crippen LogP contribution in [-0.2, 0) is 4.74 Å². The third-order valence-corrected chi connectivity index (χ3v) is 2.28. The van der Waals surface area contributed by atoms with Crippen LogP contribution in [0.4, 0.5) is 0 Å². The van der Waals surface area contributed by atoms with Gasteiger partial charge in [0.1, 0.15) is 0 Å². The minimum Gasteiger partial charge on any atom is -0.381 e. The van der Waals surface area contributed by atoms with Crippen molar-refractivity contribution in [2.24, 2.45) is 5.92 Å². The van der Waals surface area contributed by atoms with Gasteiger partial charge in [0.25, 0.3) is 0 Å². The fraction of sp³-hybridized carbons (Fsp3) is 0.500. The van der Waals surface area contributed by atoms with Gasteiger partial charge in [-0.25, -0.2) is 0 Å². The average molecular weight is 178 g/mol. The number of hydrogen-bond acceptors (Lipinski definition) is 1. The number of allylic oxidation sites excluding steroid dienone is 3. The van der Waals surface area contributed by atoms with E-state index in [4.69, 9.17) is 4.74 Å². The summed E-state index contributed by atoms with van der Waals surface area (Å²) in [5, 5.41) is 0. The number of hydrogen-bond donors (Lipinski definition) is 0. The molecule has 0 aliphatic carbocycles. The average Bonchev–Trinajstić information content (AvgIpc) is 2.15. The van der Waals surface area contributed by atoms with Gasteiger partial charge < -0.3 is 4.74 Å². The first-order valence-electron chi connectivity index (χ1n) is 4.81. The normalized spacial score (nSPS) is 24.1. The second-order valence-electron chi connectivity index (χ2n) is 3.61. The topological polar surface area (TPSA) is 9.23 Å². The highest BCUT2D eigenvalue weighted by Crippen LogP contribution is 2.23. The molecule has 1 aliphatic heterocycles. The summed E-state index contributed by atoms with van der Waals surface area (Å²) in [4.78, 5) is 0. The lowest BCUT2D eigenvalue weighted by atomic mass is 9.92. The fourth-order valence-electron chi connectivity index (χ4n) is 1.63. The van der Waals surface area contributed by atoms with E-state index in [0.29, 0.717) is 5.92 Å². The quantitative estimate of drug-likeness (QED) is 0.603. The highest BCUT2D eigenvalue weighted by molar-refractivity contribution is 5.28. The molecule has 1 aliphatic rings. The van der Waals surface area contributed by atoms with Crippen molar-refractivity contribution < 1.29 is 4.74 Å². The molecule has 1 fully saturated rings. The summed E-state index contributed by atoms with van der Waals surface area (Å²) in [7, 11) is 0. The van der Waals surface area contributed by atoms with Gasteiger partial charge in [-0.15, -0.1) is 0 Å². The van der Waals surface area contributed by atoms with Crippen LogP contribution in [-0.4, -0.2) is 13.2 Å². The van der Waals surface area contributed by atoms with E-state index in [9.17, 15) is 0 Å². The van der Waals surface area contributed by atoms with Crippen molar-refractivity contribution in [3.8, 4) is 0 Å². The molecular weight excluding hydrogens is 160 g/mol. The zero-order chi connectivity index (χ0) is 9.68. The molecule has 0 saturated carbocycles. The van der Waals surface area contributed by atoms with E-state index in [1.165, 1.54) is 12.0 Å². The number of rotatable bonds is 3. The molecule has 1 saturated heterocycles. The van der Waals surface area contributed by atoms with Crippen molar-refractivity contribution in [2.45, 2.75) is 19.8 Å². The Morgan fingerprint density at radius 3 is 2.77 bits per heavy atom. The van der Waals surface area contributed by atoms with Crippen LogP contribution in [0.2, 0.25) is 0 Å². The standard InChI is InChI=1S/C12H18O/c1-4-11(8-10(2)3)12-6-5-7-13-9-12/h4,8,12H,1-2,5-7,9H2,3H3/b11-8+. The highest BCUT2D eigenvalue weighted by atomic mass is 16.5. The molecule has 1 heteroatoms. The largest absolute Gasteiger partial charge is 0.381 e. The van der Waals surface area contributed by atoms with Crippen LogP contribution < -0.4 is 0 Å². The maximum Gasteiger partial charge on any atom is 0.0534 e. The summed E-state index contributed by atoms with van der Waals surface area (Å²) in [6.07, 6.45) is 6.40. The monoisotopic (exact) mass is 178 g/mol. The molecule has 1 heterocycles. The first kappa shape index (κ1) is 10.3. The van der Waals surface area contributed by atoms with Crippen molar-refractivity contribution >= 4 is 0 Å². The molecule has 0 bridgehead atoms. The Balaban J connectivity index is 2.64. The van der Waals surface area contributed by atoms with E-state index < -0.39 is 0 Å². The first-order valence-corrected chi connectivity index (χ1v) is 4.81. The zero-order valence-electron chi connectivity index (χ0n) is 8.38. The maximum absolute atomic E-state index is 5.43. The van der Waals surface area contributed by atoms with E-state index in [2.05, 4.69) is 19.2 Å². The minimum absolute atomic E-state index is 0.531. The van der Waals surface area contributed by atoms with Crippen molar-refractivity contribution in [2.75, 3.05) is 13.2 Å². The third kappa shape index (κ3) is 3.19. The van der Waals surface area contributed by atoms with Crippen molar-refractivity contribution in [1.29, 1.82) is 0 Å². The van der Waals surface area contributed by atoms with Crippen molar-refractivity contribution in [3.05, 3.63) is 36.5 Å². The lowest BCUT2D eigenvalue weighted by molar-refractivity contribution is 0.0684.